The van der Waals surface area contributed by atoms with Crippen LogP contribution in [-0.2, 0) is 16.0 Å². The van der Waals surface area contributed by atoms with Crippen molar-refractivity contribution in [2.24, 2.45) is 5.10 Å². The standard InChI is InChI=1S/C19H14F3N3O3S2/c1-12-2-8-16(9-3-12)30(27,28)18-23-10-15(29-18)11-24-25-17(26)13-4-6-14(7-5-13)19(20,21)22/h2-11H,1H3,(H,25,26)/b24-11+. The van der Waals surface area contributed by atoms with Crippen molar-refractivity contribution in [1.82, 2.24) is 10.4 Å². The zero-order chi connectivity index (χ0) is 21.9. The van der Waals surface area contributed by atoms with Crippen LogP contribution in [-0.4, -0.2) is 25.5 Å². The number of alkyl halides is 3. The fourth-order valence-electron chi connectivity index (χ4n) is 2.30. The van der Waals surface area contributed by atoms with E-state index in [4.69, 9.17) is 0 Å². The molecule has 3 aromatic rings. The second kappa shape index (κ2) is 8.36. The van der Waals surface area contributed by atoms with Crippen molar-refractivity contribution in [1.29, 1.82) is 0 Å². The fourth-order valence-corrected chi connectivity index (χ4v) is 4.72. The number of benzene rings is 2. The average molecular weight is 453 g/mol. The first-order chi connectivity index (χ1) is 14.1. The van der Waals surface area contributed by atoms with Gasteiger partial charge in [0.2, 0.25) is 14.2 Å². The van der Waals surface area contributed by atoms with Gasteiger partial charge in [-0.05, 0) is 43.3 Å². The van der Waals surface area contributed by atoms with Crippen molar-refractivity contribution in [2.75, 3.05) is 0 Å². The molecule has 0 aliphatic heterocycles. The summed E-state index contributed by atoms with van der Waals surface area (Å²) in [4.78, 5) is 16.3. The van der Waals surface area contributed by atoms with Gasteiger partial charge in [-0.3, -0.25) is 4.79 Å². The Hall–Kier alpha value is -3.05. The Kier molecular flexibility index (Phi) is 6.04. The van der Waals surface area contributed by atoms with E-state index in [0.29, 0.717) is 4.88 Å². The smallest absolute Gasteiger partial charge is 0.267 e. The van der Waals surface area contributed by atoms with Crippen LogP contribution in [0.5, 0.6) is 0 Å². The summed E-state index contributed by atoms with van der Waals surface area (Å²) in [5, 5.41) is 3.70. The van der Waals surface area contributed by atoms with Crippen LogP contribution in [0.25, 0.3) is 0 Å². The van der Waals surface area contributed by atoms with Crippen LogP contribution in [0, 0.1) is 6.92 Å². The molecule has 0 fully saturated rings. The Morgan fingerprint density at radius 3 is 2.33 bits per heavy atom. The summed E-state index contributed by atoms with van der Waals surface area (Å²) in [6.45, 7) is 1.84. The molecule has 1 heterocycles. The monoisotopic (exact) mass is 453 g/mol. The number of nitrogens with one attached hydrogen (secondary N) is 1. The van der Waals surface area contributed by atoms with Crippen molar-refractivity contribution in [3.8, 4) is 0 Å². The zero-order valence-corrected chi connectivity index (χ0v) is 17.0. The molecule has 1 aromatic heterocycles. The number of hydrazone groups is 1. The van der Waals surface area contributed by atoms with Crippen LogP contribution in [0.15, 0.2) is 69.1 Å². The number of aromatic nitrogens is 1. The maximum Gasteiger partial charge on any atom is 0.416 e. The molecule has 0 aliphatic carbocycles. The fraction of sp³-hybridized carbons (Fsp3) is 0.105. The van der Waals surface area contributed by atoms with Gasteiger partial charge in [0.25, 0.3) is 5.91 Å². The number of halogens is 3. The summed E-state index contributed by atoms with van der Waals surface area (Å²) in [6, 6.07) is 10.0. The van der Waals surface area contributed by atoms with Gasteiger partial charge in [0.15, 0.2) is 0 Å². The van der Waals surface area contributed by atoms with E-state index >= 15 is 0 Å². The van der Waals surface area contributed by atoms with Crippen LogP contribution < -0.4 is 5.43 Å². The highest BCUT2D eigenvalue weighted by Crippen LogP contribution is 2.29. The lowest BCUT2D eigenvalue weighted by Crippen LogP contribution is -2.17. The van der Waals surface area contributed by atoms with Gasteiger partial charge in [-0.2, -0.15) is 18.3 Å². The summed E-state index contributed by atoms with van der Waals surface area (Å²) >= 11 is 0.866. The molecule has 156 valence electrons. The third-order valence-electron chi connectivity index (χ3n) is 3.90. The van der Waals surface area contributed by atoms with Gasteiger partial charge in [0.05, 0.1) is 21.6 Å². The largest absolute Gasteiger partial charge is 0.416 e. The number of sulfone groups is 1. The number of amides is 1. The predicted octanol–water partition coefficient (Wildman–Crippen LogP) is 4.07. The van der Waals surface area contributed by atoms with Crippen LogP contribution in [0.3, 0.4) is 0 Å². The normalized spacial score (nSPS) is 12.3. The first-order valence-corrected chi connectivity index (χ1v) is 10.7. The Balaban J connectivity index is 1.67. The number of hydrogen-bond donors (Lipinski definition) is 1. The summed E-state index contributed by atoms with van der Waals surface area (Å²) < 4.78 is 62.7. The molecule has 0 saturated carbocycles. The molecule has 0 unspecified atom stereocenters. The number of carbonyl (C=O) groups excluding carboxylic acids is 1. The van der Waals surface area contributed by atoms with E-state index in [1.165, 1.54) is 24.5 Å². The molecule has 11 heteroatoms. The number of thiazole rings is 1. The minimum Gasteiger partial charge on any atom is -0.267 e. The Bertz CT molecular complexity index is 1180. The average Bonchev–Trinajstić information content (AvgIpc) is 3.17. The van der Waals surface area contributed by atoms with Crippen LogP contribution in [0.1, 0.15) is 26.4 Å². The van der Waals surface area contributed by atoms with Gasteiger partial charge < -0.3 is 0 Å². The van der Waals surface area contributed by atoms with Crippen molar-refractivity contribution < 1.29 is 26.4 Å². The quantitative estimate of drug-likeness (QED) is 0.466. The molecule has 6 nitrogen and oxygen atoms in total. The van der Waals surface area contributed by atoms with Crippen LogP contribution >= 0.6 is 11.3 Å². The van der Waals surface area contributed by atoms with E-state index in [1.54, 1.807) is 12.1 Å². The molecule has 0 radical (unpaired) electrons. The minimum atomic E-state index is -4.49. The molecule has 0 spiro atoms. The molecule has 2 aromatic carbocycles. The third kappa shape index (κ3) is 4.92. The zero-order valence-electron chi connectivity index (χ0n) is 15.3. The maximum atomic E-state index is 12.6. The lowest BCUT2D eigenvalue weighted by molar-refractivity contribution is -0.137. The summed E-state index contributed by atoms with van der Waals surface area (Å²) in [5.41, 5.74) is 2.22. The van der Waals surface area contributed by atoms with Crippen LogP contribution in [0.4, 0.5) is 13.2 Å². The molecule has 0 saturated heterocycles. The Morgan fingerprint density at radius 2 is 1.73 bits per heavy atom. The molecule has 0 atom stereocenters. The molecule has 30 heavy (non-hydrogen) atoms. The van der Waals surface area contributed by atoms with Gasteiger partial charge in [-0.1, -0.05) is 17.7 Å². The molecule has 0 bridgehead atoms. The van der Waals surface area contributed by atoms with Crippen molar-refractivity contribution >= 4 is 33.3 Å². The van der Waals surface area contributed by atoms with Gasteiger partial charge in [-0.15, -0.1) is 11.3 Å². The highest BCUT2D eigenvalue weighted by Gasteiger charge is 2.30. The van der Waals surface area contributed by atoms with Gasteiger partial charge in [0.1, 0.15) is 0 Å². The molecule has 3 rings (SSSR count). The summed E-state index contributed by atoms with van der Waals surface area (Å²) in [6.07, 6.45) is -2.00. The number of carbonyl (C=O) groups is 1. The van der Waals surface area contributed by atoms with E-state index in [1.807, 2.05) is 6.92 Å². The lowest BCUT2D eigenvalue weighted by atomic mass is 10.1. The number of nitrogens with zero attached hydrogens (tertiary/aromatic N) is 2. The second-order valence-electron chi connectivity index (χ2n) is 6.12. The molecular weight excluding hydrogens is 439 g/mol. The second-order valence-corrected chi connectivity index (χ2v) is 9.30. The number of hydrogen-bond acceptors (Lipinski definition) is 6. The number of rotatable bonds is 5. The van der Waals surface area contributed by atoms with Gasteiger partial charge in [0, 0.05) is 11.8 Å². The van der Waals surface area contributed by atoms with E-state index in [2.05, 4.69) is 15.5 Å². The topological polar surface area (TPSA) is 88.5 Å². The minimum absolute atomic E-state index is 0.00732. The Morgan fingerprint density at radius 1 is 1.10 bits per heavy atom. The van der Waals surface area contributed by atoms with Crippen molar-refractivity contribution in [3.63, 3.8) is 0 Å². The summed E-state index contributed by atoms with van der Waals surface area (Å²) in [7, 11) is -3.77. The predicted molar refractivity (Wildman–Crippen MR) is 105 cm³/mol. The Labute approximate surface area is 174 Å². The number of aryl methyl sites for hydroxylation is 1. The van der Waals surface area contributed by atoms with Gasteiger partial charge in [-0.25, -0.2) is 18.8 Å². The maximum absolute atomic E-state index is 12.6. The molecule has 1 N–H and O–H groups in total. The first-order valence-electron chi connectivity index (χ1n) is 8.35. The third-order valence-corrected chi connectivity index (χ3v) is 6.99. The SMILES string of the molecule is Cc1ccc(S(=O)(=O)c2ncc(/C=N/NC(=O)c3ccc(C(F)(F)F)cc3)s2)cc1. The molecule has 1 amide bonds. The molecule has 0 aliphatic rings. The van der Waals surface area contributed by atoms with E-state index < -0.39 is 27.5 Å². The van der Waals surface area contributed by atoms with Crippen molar-refractivity contribution in [3.05, 3.63) is 76.3 Å². The molecular formula is C19H14F3N3O3S2. The van der Waals surface area contributed by atoms with E-state index in [-0.39, 0.29) is 14.8 Å². The van der Waals surface area contributed by atoms with Crippen molar-refractivity contribution in [2.45, 2.75) is 22.3 Å². The summed E-state index contributed by atoms with van der Waals surface area (Å²) in [5.74, 6) is -0.711. The lowest BCUT2D eigenvalue weighted by Gasteiger charge is -2.06. The van der Waals surface area contributed by atoms with Gasteiger partial charge >= 0.3 is 6.18 Å². The van der Waals surface area contributed by atoms with E-state index in [9.17, 15) is 26.4 Å². The van der Waals surface area contributed by atoms with Crippen LogP contribution in [0.2, 0.25) is 0 Å². The highest BCUT2D eigenvalue weighted by atomic mass is 32.2. The first kappa shape index (κ1) is 21.7. The van der Waals surface area contributed by atoms with E-state index in [0.717, 1.165) is 41.2 Å². The highest BCUT2D eigenvalue weighted by molar-refractivity contribution is 7.93.